The number of pyridine rings is 1. The van der Waals surface area contributed by atoms with Crippen LogP contribution in [-0.2, 0) is 23.2 Å². The fraction of sp³-hybridized carbons (Fsp3) is 0.462. The van der Waals surface area contributed by atoms with E-state index >= 15 is 8.78 Å². The Kier molecular flexibility index (Phi) is 10.2. The minimum absolute atomic E-state index is 0.0615. The number of aromatic amines is 1. The Labute approximate surface area is 311 Å². The predicted molar refractivity (Wildman–Crippen MR) is 201 cm³/mol. The number of amides is 4. The van der Waals surface area contributed by atoms with Crippen molar-refractivity contribution in [2.24, 2.45) is 13.0 Å². The second-order valence-electron chi connectivity index (χ2n) is 14.7. The number of halogens is 2. The van der Waals surface area contributed by atoms with Crippen molar-refractivity contribution in [2.75, 3.05) is 56.7 Å². The van der Waals surface area contributed by atoms with E-state index in [9.17, 15) is 19.2 Å². The molecule has 54 heavy (non-hydrogen) atoms. The zero-order valence-corrected chi connectivity index (χ0v) is 31.3. The van der Waals surface area contributed by atoms with Gasteiger partial charge in [0.1, 0.15) is 17.1 Å². The van der Waals surface area contributed by atoms with Crippen molar-refractivity contribution in [3.8, 4) is 16.9 Å². The maximum atomic E-state index is 15.8. The summed E-state index contributed by atoms with van der Waals surface area (Å²) in [6.45, 7) is 6.59. The average molecular weight is 745 g/mol. The molecule has 13 nitrogen and oxygen atoms in total. The molecule has 4 aromatic rings. The van der Waals surface area contributed by atoms with Crippen LogP contribution in [0, 0.1) is 31.4 Å². The number of piperidine rings is 2. The number of hydrogen-bond acceptors (Lipinski definition) is 8. The Morgan fingerprint density at radius 1 is 1.00 bits per heavy atom. The number of methoxy groups -OCH3 is 1. The van der Waals surface area contributed by atoms with E-state index < -0.39 is 11.8 Å². The van der Waals surface area contributed by atoms with Crippen LogP contribution in [0.3, 0.4) is 0 Å². The summed E-state index contributed by atoms with van der Waals surface area (Å²) in [5.74, 6) is -0.562. The van der Waals surface area contributed by atoms with Crippen LogP contribution in [0.4, 0.5) is 25.1 Å². The minimum atomic E-state index is -0.588. The van der Waals surface area contributed by atoms with Gasteiger partial charge in [-0.25, -0.2) is 13.6 Å². The van der Waals surface area contributed by atoms with Crippen LogP contribution in [0.5, 0.6) is 5.75 Å². The third-order valence-corrected chi connectivity index (χ3v) is 11.6. The Morgan fingerprint density at radius 2 is 1.72 bits per heavy atom. The topological polar surface area (TPSA) is 136 Å². The fourth-order valence-corrected chi connectivity index (χ4v) is 8.14. The molecule has 4 amide bonds. The van der Waals surface area contributed by atoms with Gasteiger partial charge in [-0.2, -0.15) is 5.10 Å². The molecular formula is C39H46F2N8O5. The first-order valence-corrected chi connectivity index (χ1v) is 18.4. The zero-order valence-electron chi connectivity index (χ0n) is 31.3. The monoisotopic (exact) mass is 744 g/mol. The maximum absolute atomic E-state index is 15.8. The average Bonchev–Trinajstić information content (AvgIpc) is 3.61. The SMILES string of the molecule is COc1cc(-c2cn(C)c(=O)c(C)c2C)cc(F)c1CN1CCC(N(C)C(=O)C2CCN(c3ccc4c(N5CCC(=O)NC5=O)n[nH]c4c3F)CC2)CC1. The lowest BCUT2D eigenvalue weighted by Crippen LogP contribution is -2.49. The molecule has 0 atom stereocenters. The quantitative estimate of drug-likeness (QED) is 0.267. The molecule has 0 unspecified atom stereocenters. The molecule has 7 rings (SSSR count). The molecule has 3 saturated heterocycles. The molecule has 2 aromatic heterocycles. The fourth-order valence-electron chi connectivity index (χ4n) is 8.14. The number of rotatable bonds is 8. The molecule has 2 N–H and O–H groups in total. The summed E-state index contributed by atoms with van der Waals surface area (Å²) in [5, 5.41) is 9.63. The number of aryl methyl sites for hydroxylation is 1. The predicted octanol–water partition coefficient (Wildman–Crippen LogP) is 4.62. The van der Waals surface area contributed by atoms with Gasteiger partial charge in [0.05, 0.1) is 12.8 Å². The summed E-state index contributed by atoms with van der Waals surface area (Å²) in [6, 6.07) is 6.22. The van der Waals surface area contributed by atoms with Gasteiger partial charge in [0.2, 0.25) is 11.8 Å². The van der Waals surface area contributed by atoms with Gasteiger partial charge in [-0.1, -0.05) is 0 Å². The summed E-state index contributed by atoms with van der Waals surface area (Å²) >= 11 is 0. The first-order valence-electron chi connectivity index (χ1n) is 18.4. The van der Waals surface area contributed by atoms with Crippen LogP contribution in [0.1, 0.15) is 48.8 Å². The van der Waals surface area contributed by atoms with Crippen LogP contribution in [0.25, 0.3) is 22.0 Å². The van der Waals surface area contributed by atoms with E-state index in [0.717, 1.165) is 24.0 Å². The first kappa shape index (κ1) is 37.0. The molecule has 3 aliphatic rings. The summed E-state index contributed by atoms with van der Waals surface area (Å²) in [4.78, 5) is 57.3. The number of nitrogens with zero attached hydrogens (tertiary/aromatic N) is 6. The maximum Gasteiger partial charge on any atom is 0.329 e. The number of nitrogens with one attached hydrogen (secondary N) is 2. The molecule has 0 bridgehead atoms. The van der Waals surface area contributed by atoms with E-state index in [-0.39, 0.29) is 59.5 Å². The summed E-state index contributed by atoms with van der Waals surface area (Å²) < 4.78 is 38.7. The van der Waals surface area contributed by atoms with E-state index in [1.807, 2.05) is 29.8 Å². The molecule has 3 aliphatic heterocycles. The summed E-state index contributed by atoms with van der Waals surface area (Å²) in [6.07, 6.45) is 4.55. The van der Waals surface area contributed by atoms with Crippen molar-refractivity contribution in [1.82, 2.24) is 29.9 Å². The van der Waals surface area contributed by atoms with Crippen molar-refractivity contribution in [1.29, 1.82) is 0 Å². The highest BCUT2D eigenvalue weighted by Gasteiger charge is 2.34. The highest BCUT2D eigenvalue weighted by Crippen LogP contribution is 2.36. The standard InChI is InChI=1S/C39H46F2N8O5/c1-22-23(2)37(51)45(3)20-28(22)25-18-30(40)29(32(19-25)54-5)21-47-13-10-26(11-14-47)46(4)38(52)24-8-15-48(16-9-24)31-7-6-27-35(34(31)41)43-44-36(27)49-17-12-33(50)42-39(49)53/h6-7,18-20,24,26H,8-17,21H2,1-5H3,(H,43,44)(H,42,50,53). The van der Waals surface area contributed by atoms with Crippen molar-refractivity contribution in [3.63, 3.8) is 0 Å². The highest BCUT2D eigenvalue weighted by atomic mass is 19.1. The van der Waals surface area contributed by atoms with E-state index in [4.69, 9.17) is 4.74 Å². The number of hydrogen-bond donors (Lipinski definition) is 2. The molecule has 0 radical (unpaired) electrons. The number of aromatic nitrogens is 3. The molecule has 5 heterocycles. The lowest BCUT2D eigenvalue weighted by atomic mass is 9.93. The number of imide groups is 1. The van der Waals surface area contributed by atoms with Gasteiger partial charge >= 0.3 is 6.03 Å². The van der Waals surface area contributed by atoms with E-state index in [0.29, 0.717) is 79.1 Å². The second-order valence-corrected chi connectivity index (χ2v) is 14.7. The highest BCUT2D eigenvalue weighted by molar-refractivity contribution is 6.09. The summed E-state index contributed by atoms with van der Waals surface area (Å²) in [5.41, 5.74) is 3.84. The number of carbonyl (C=O) groups is 3. The van der Waals surface area contributed by atoms with Crippen LogP contribution >= 0.6 is 0 Å². The molecule has 15 heteroatoms. The number of ether oxygens (including phenoxy) is 1. The Morgan fingerprint density at radius 3 is 2.41 bits per heavy atom. The third-order valence-electron chi connectivity index (χ3n) is 11.6. The third kappa shape index (κ3) is 6.80. The normalized spacial score (nSPS) is 17.7. The van der Waals surface area contributed by atoms with Gasteiger partial charge < -0.3 is 19.1 Å². The van der Waals surface area contributed by atoms with Crippen LogP contribution in [0.15, 0.2) is 35.3 Å². The van der Waals surface area contributed by atoms with Gasteiger partial charge in [-0.05, 0) is 74.9 Å². The van der Waals surface area contributed by atoms with Crippen molar-refractivity contribution in [2.45, 2.75) is 58.5 Å². The number of H-pyrrole nitrogens is 1. The first-order chi connectivity index (χ1) is 25.9. The lowest BCUT2D eigenvalue weighted by Gasteiger charge is -2.40. The van der Waals surface area contributed by atoms with Crippen LogP contribution < -0.4 is 25.4 Å². The molecular weight excluding hydrogens is 698 g/mol. The van der Waals surface area contributed by atoms with Gasteiger partial charge in [0.15, 0.2) is 11.6 Å². The smallest absolute Gasteiger partial charge is 0.329 e. The molecule has 2 aromatic carbocycles. The Balaban J connectivity index is 0.939. The van der Waals surface area contributed by atoms with Gasteiger partial charge in [0, 0.05) is 100 Å². The van der Waals surface area contributed by atoms with E-state index in [2.05, 4.69) is 20.4 Å². The molecule has 0 aliphatic carbocycles. The number of anilines is 2. The second kappa shape index (κ2) is 14.8. The number of urea groups is 1. The zero-order chi connectivity index (χ0) is 38.4. The summed E-state index contributed by atoms with van der Waals surface area (Å²) in [7, 11) is 5.08. The van der Waals surface area contributed by atoms with Gasteiger partial charge in [0.25, 0.3) is 5.56 Å². The Hall–Kier alpha value is -5.31. The minimum Gasteiger partial charge on any atom is -0.496 e. The van der Waals surface area contributed by atoms with Crippen LogP contribution in [0.2, 0.25) is 0 Å². The number of benzene rings is 2. The number of carbonyl (C=O) groups excluding carboxylic acids is 3. The van der Waals surface area contributed by atoms with E-state index in [1.54, 1.807) is 32.3 Å². The van der Waals surface area contributed by atoms with Crippen molar-refractivity contribution < 1.29 is 27.9 Å². The van der Waals surface area contributed by atoms with Crippen LogP contribution in [-0.4, -0.2) is 95.3 Å². The number of fused-ring (bicyclic) bond motifs is 1. The van der Waals surface area contributed by atoms with Crippen molar-refractivity contribution in [3.05, 3.63) is 69.1 Å². The van der Waals surface area contributed by atoms with E-state index in [1.165, 1.54) is 22.6 Å². The lowest BCUT2D eigenvalue weighted by molar-refractivity contribution is -0.138. The number of likely N-dealkylation sites (tertiary alicyclic amines) is 1. The molecule has 0 saturated carbocycles. The molecule has 3 fully saturated rings. The van der Waals surface area contributed by atoms with Gasteiger partial charge in [-0.15, -0.1) is 0 Å². The van der Waals surface area contributed by atoms with Crippen molar-refractivity contribution >= 4 is 40.3 Å². The molecule has 0 spiro atoms. The van der Waals surface area contributed by atoms with Gasteiger partial charge in [-0.3, -0.25) is 34.6 Å². The Bertz CT molecular complexity index is 2190. The molecule has 286 valence electrons. The largest absolute Gasteiger partial charge is 0.496 e.